The molecule has 0 spiro atoms. The molecule has 0 N–H and O–H groups in total. The lowest BCUT2D eigenvalue weighted by atomic mass is 10.3. The van der Waals surface area contributed by atoms with Crippen molar-refractivity contribution in [1.82, 2.24) is 0 Å². The zero-order chi connectivity index (χ0) is 10.7. The van der Waals surface area contributed by atoms with E-state index in [1.165, 1.54) is 12.1 Å². The Balaban J connectivity index is 3.43. The van der Waals surface area contributed by atoms with E-state index in [2.05, 4.69) is 11.7 Å². The maximum absolute atomic E-state index is 10.6. The van der Waals surface area contributed by atoms with Crippen molar-refractivity contribution in [3.05, 3.63) is 38.4 Å². The van der Waals surface area contributed by atoms with E-state index in [9.17, 15) is 20.2 Å². The van der Waals surface area contributed by atoms with Gasteiger partial charge in [0.1, 0.15) is 4.90 Å². The number of nitro benzene ring substituents is 2. The summed E-state index contributed by atoms with van der Waals surface area (Å²) in [4.78, 5) is 19.6. The average molecular weight is 232 g/mol. The fourth-order valence-electron chi connectivity index (χ4n) is 0.915. The van der Waals surface area contributed by atoms with Gasteiger partial charge in [0.2, 0.25) is 0 Å². The quantitative estimate of drug-likeness (QED) is 0.374. The highest BCUT2D eigenvalue weighted by molar-refractivity contribution is 8.68. The predicted molar refractivity (Wildman–Crippen MR) is 54.6 cm³/mol. The Kier molecular flexibility index (Phi) is 3.31. The lowest BCUT2D eigenvalue weighted by molar-refractivity contribution is -0.424. The molecule has 6 nitrogen and oxygen atoms in total. The van der Waals surface area contributed by atoms with Crippen LogP contribution in [0, 0.1) is 20.2 Å². The van der Waals surface area contributed by atoms with Gasteiger partial charge in [-0.2, -0.15) is 0 Å². The third kappa shape index (κ3) is 1.96. The molecule has 0 radical (unpaired) electrons. The van der Waals surface area contributed by atoms with Gasteiger partial charge in [0.05, 0.1) is 9.85 Å². The van der Waals surface area contributed by atoms with Crippen molar-refractivity contribution >= 4 is 33.8 Å². The molecule has 1 rings (SSSR count). The molecule has 74 valence electrons. The zero-order valence-electron chi connectivity index (χ0n) is 6.61. The molecule has 0 aliphatic heterocycles. The zero-order valence-corrected chi connectivity index (χ0v) is 8.33. The molecule has 0 atom stereocenters. The molecule has 0 unspecified atom stereocenters. The second-order valence-corrected chi connectivity index (χ2v) is 3.40. The Morgan fingerprint density at radius 2 is 1.86 bits per heavy atom. The fourth-order valence-corrected chi connectivity index (χ4v) is 1.76. The van der Waals surface area contributed by atoms with Crippen LogP contribution in [0.3, 0.4) is 0 Å². The maximum Gasteiger partial charge on any atom is 0.360 e. The van der Waals surface area contributed by atoms with Gasteiger partial charge in [-0.25, -0.2) is 0 Å². The minimum Gasteiger partial charge on any atom is -0.258 e. The topological polar surface area (TPSA) is 86.3 Å². The first-order chi connectivity index (χ1) is 6.57. The Labute approximate surface area is 87.4 Å². The minimum absolute atomic E-state index is 0.160. The average Bonchev–Trinajstić information content (AvgIpc) is 2.16. The second-order valence-electron chi connectivity index (χ2n) is 2.23. The number of rotatable bonds is 3. The van der Waals surface area contributed by atoms with Crippen molar-refractivity contribution in [2.75, 3.05) is 0 Å². The van der Waals surface area contributed by atoms with Crippen LogP contribution in [-0.2, 0) is 0 Å². The highest BCUT2D eigenvalue weighted by Crippen LogP contribution is 2.37. The summed E-state index contributed by atoms with van der Waals surface area (Å²) in [5.41, 5.74) is -1.04. The van der Waals surface area contributed by atoms with Crippen molar-refractivity contribution in [3.63, 3.8) is 0 Å². The van der Waals surface area contributed by atoms with E-state index in [1.807, 2.05) is 0 Å². The number of thiol groups is 1. The van der Waals surface area contributed by atoms with Crippen LogP contribution in [0.2, 0.25) is 0 Å². The van der Waals surface area contributed by atoms with Gasteiger partial charge >= 0.3 is 11.4 Å². The van der Waals surface area contributed by atoms with Crippen LogP contribution in [0.5, 0.6) is 0 Å². The molecule has 0 aromatic heterocycles. The third-order valence-corrected chi connectivity index (χ3v) is 2.57. The molecule has 0 saturated carbocycles. The maximum atomic E-state index is 10.6. The monoisotopic (exact) mass is 232 g/mol. The van der Waals surface area contributed by atoms with Crippen LogP contribution in [0.15, 0.2) is 23.1 Å². The first-order valence-electron chi connectivity index (χ1n) is 3.31. The number of hydrogen-bond donors (Lipinski definition) is 1. The fraction of sp³-hybridized carbons (Fsp3) is 0. The van der Waals surface area contributed by atoms with Gasteiger partial charge < -0.3 is 0 Å². The standard InChI is InChI=1S/C6H4N2O4S2/c9-7(10)4-2-1-3-5(14-13)6(4)8(11)12/h1-3,13H. The van der Waals surface area contributed by atoms with Crippen LogP contribution in [0.4, 0.5) is 11.4 Å². The van der Waals surface area contributed by atoms with Gasteiger partial charge in [-0.1, -0.05) is 16.9 Å². The summed E-state index contributed by atoms with van der Waals surface area (Å²) in [6, 6.07) is 3.87. The van der Waals surface area contributed by atoms with Crippen molar-refractivity contribution < 1.29 is 9.85 Å². The van der Waals surface area contributed by atoms with Crippen LogP contribution >= 0.6 is 22.5 Å². The van der Waals surface area contributed by atoms with E-state index in [-0.39, 0.29) is 4.90 Å². The van der Waals surface area contributed by atoms with Gasteiger partial charge in [0, 0.05) is 6.07 Å². The molecular weight excluding hydrogens is 228 g/mol. The second kappa shape index (κ2) is 4.29. The van der Waals surface area contributed by atoms with Crippen molar-refractivity contribution in [1.29, 1.82) is 0 Å². The number of nitro groups is 2. The van der Waals surface area contributed by atoms with Crippen LogP contribution in [-0.4, -0.2) is 9.85 Å². The number of nitrogens with zero attached hydrogens (tertiary/aromatic N) is 2. The van der Waals surface area contributed by atoms with Crippen LogP contribution in [0.25, 0.3) is 0 Å². The molecule has 14 heavy (non-hydrogen) atoms. The Bertz CT molecular complexity index is 395. The molecule has 1 aromatic carbocycles. The lowest BCUT2D eigenvalue weighted by Gasteiger charge is -1.98. The summed E-state index contributed by atoms with van der Waals surface area (Å²) >= 11 is 3.78. The van der Waals surface area contributed by atoms with E-state index >= 15 is 0 Å². The van der Waals surface area contributed by atoms with Gasteiger partial charge in [-0.3, -0.25) is 20.2 Å². The first-order valence-corrected chi connectivity index (χ1v) is 5.18. The van der Waals surface area contributed by atoms with Crippen molar-refractivity contribution in [2.24, 2.45) is 0 Å². The summed E-state index contributed by atoms with van der Waals surface area (Å²) < 4.78 is 0. The lowest BCUT2D eigenvalue weighted by Crippen LogP contribution is -1.97. The van der Waals surface area contributed by atoms with E-state index < -0.39 is 21.2 Å². The van der Waals surface area contributed by atoms with Gasteiger partial charge in [-0.15, -0.1) is 11.7 Å². The summed E-state index contributed by atoms with van der Waals surface area (Å²) in [6.07, 6.45) is 0. The summed E-state index contributed by atoms with van der Waals surface area (Å²) in [7, 11) is 0.804. The van der Waals surface area contributed by atoms with E-state index in [0.29, 0.717) is 0 Å². The minimum atomic E-state index is -0.786. The highest BCUT2D eigenvalue weighted by atomic mass is 33.1. The molecule has 0 saturated heterocycles. The van der Waals surface area contributed by atoms with E-state index in [1.54, 1.807) is 0 Å². The number of hydrogen-bond acceptors (Lipinski definition) is 6. The predicted octanol–water partition coefficient (Wildman–Crippen LogP) is 2.44. The smallest absolute Gasteiger partial charge is 0.258 e. The molecule has 0 amide bonds. The first kappa shape index (κ1) is 10.8. The Hall–Kier alpha value is -1.28. The molecule has 0 aliphatic carbocycles. The highest BCUT2D eigenvalue weighted by Gasteiger charge is 2.27. The molecule has 0 heterocycles. The molecule has 8 heteroatoms. The molecule has 1 aromatic rings. The van der Waals surface area contributed by atoms with Crippen LogP contribution < -0.4 is 0 Å². The van der Waals surface area contributed by atoms with Crippen molar-refractivity contribution in [3.8, 4) is 0 Å². The number of benzene rings is 1. The number of para-hydroxylation sites is 1. The van der Waals surface area contributed by atoms with Crippen LogP contribution in [0.1, 0.15) is 0 Å². The van der Waals surface area contributed by atoms with Crippen molar-refractivity contribution in [2.45, 2.75) is 4.90 Å². The molecule has 0 aliphatic rings. The Morgan fingerprint density at radius 1 is 1.21 bits per heavy atom. The summed E-state index contributed by atoms with van der Waals surface area (Å²) in [5, 5.41) is 21.0. The van der Waals surface area contributed by atoms with Gasteiger partial charge in [0.15, 0.2) is 0 Å². The summed E-state index contributed by atoms with van der Waals surface area (Å²) in [5.74, 6) is 0. The normalized spacial score (nSPS) is 9.79. The molecule has 0 fully saturated rings. The van der Waals surface area contributed by atoms with Gasteiger partial charge in [0.25, 0.3) is 0 Å². The SMILES string of the molecule is O=[N+]([O-])c1cccc(SS)c1[N+](=O)[O-]. The van der Waals surface area contributed by atoms with E-state index in [0.717, 1.165) is 16.9 Å². The largest absolute Gasteiger partial charge is 0.360 e. The van der Waals surface area contributed by atoms with Gasteiger partial charge in [-0.05, 0) is 6.07 Å². The summed E-state index contributed by atoms with van der Waals surface area (Å²) in [6.45, 7) is 0. The molecule has 0 bridgehead atoms. The van der Waals surface area contributed by atoms with E-state index in [4.69, 9.17) is 0 Å². The third-order valence-electron chi connectivity index (χ3n) is 1.46. The molecular formula is C6H4N2O4S2. The Morgan fingerprint density at radius 3 is 2.29 bits per heavy atom.